The molecule has 0 bridgehead atoms. The third kappa shape index (κ3) is 3.80. The molecule has 0 spiro atoms. The lowest BCUT2D eigenvalue weighted by atomic mass is 9.95. The predicted octanol–water partition coefficient (Wildman–Crippen LogP) is 2.47. The number of likely N-dealkylation sites (N-methyl/N-ethyl adjacent to an activating group) is 1. The summed E-state index contributed by atoms with van der Waals surface area (Å²) in [5.74, 6) is 0. The second-order valence-corrected chi connectivity index (χ2v) is 4.10. The first-order valence-corrected chi connectivity index (χ1v) is 6.48. The minimum absolute atomic E-state index is 0.262. The normalized spacial score (nSPS) is 19.8. The smallest absolute Gasteiger partial charge is 0.0876 e. The van der Waals surface area contributed by atoms with Gasteiger partial charge in [-0.3, -0.25) is 0 Å². The summed E-state index contributed by atoms with van der Waals surface area (Å²) < 4.78 is 11.2. The Kier molecular flexibility index (Phi) is 6.50. The van der Waals surface area contributed by atoms with E-state index in [1.54, 1.807) is 0 Å². The van der Waals surface area contributed by atoms with E-state index in [4.69, 9.17) is 9.47 Å². The van der Waals surface area contributed by atoms with Crippen molar-refractivity contribution >= 4 is 0 Å². The van der Waals surface area contributed by atoms with Gasteiger partial charge in [-0.2, -0.15) is 0 Å². The van der Waals surface area contributed by atoms with Gasteiger partial charge in [0.25, 0.3) is 0 Å². The van der Waals surface area contributed by atoms with Crippen molar-refractivity contribution in [3.8, 4) is 0 Å². The molecule has 16 heavy (non-hydrogen) atoms. The molecule has 1 aliphatic heterocycles. The van der Waals surface area contributed by atoms with E-state index in [0.29, 0.717) is 6.04 Å². The summed E-state index contributed by atoms with van der Waals surface area (Å²) in [6.45, 7) is 8.95. The Bertz CT molecular complexity index is 216. The lowest BCUT2D eigenvalue weighted by molar-refractivity contribution is 0.0380. The van der Waals surface area contributed by atoms with E-state index in [1.807, 2.05) is 6.26 Å². The SMILES string of the molecule is CCNC(C1=COCCC1)C(CC)OCC. The molecule has 1 N–H and O–H groups in total. The van der Waals surface area contributed by atoms with Crippen molar-refractivity contribution in [1.29, 1.82) is 0 Å². The van der Waals surface area contributed by atoms with Gasteiger partial charge in [-0.15, -0.1) is 0 Å². The van der Waals surface area contributed by atoms with Gasteiger partial charge < -0.3 is 14.8 Å². The zero-order chi connectivity index (χ0) is 11.8. The fraction of sp³-hybridized carbons (Fsp3) is 0.846. The average molecular weight is 227 g/mol. The third-order valence-electron chi connectivity index (χ3n) is 2.94. The molecule has 0 fully saturated rings. The van der Waals surface area contributed by atoms with Crippen LogP contribution in [0.15, 0.2) is 11.8 Å². The van der Waals surface area contributed by atoms with Crippen molar-refractivity contribution in [1.82, 2.24) is 5.32 Å². The largest absolute Gasteiger partial charge is 0.501 e. The predicted molar refractivity (Wildman–Crippen MR) is 66.4 cm³/mol. The van der Waals surface area contributed by atoms with Gasteiger partial charge in [-0.25, -0.2) is 0 Å². The number of rotatable bonds is 7. The molecular weight excluding hydrogens is 202 g/mol. The molecule has 3 heteroatoms. The number of nitrogens with one attached hydrogen (secondary N) is 1. The maximum Gasteiger partial charge on any atom is 0.0876 e. The molecule has 0 amide bonds. The van der Waals surface area contributed by atoms with Crippen LogP contribution in [-0.4, -0.2) is 31.9 Å². The van der Waals surface area contributed by atoms with Crippen molar-refractivity contribution in [2.24, 2.45) is 0 Å². The summed E-state index contributed by atoms with van der Waals surface area (Å²) in [6, 6.07) is 0.315. The second-order valence-electron chi connectivity index (χ2n) is 4.10. The Morgan fingerprint density at radius 3 is 2.75 bits per heavy atom. The van der Waals surface area contributed by atoms with E-state index in [1.165, 1.54) is 5.57 Å². The number of ether oxygens (including phenoxy) is 2. The minimum atomic E-state index is 0.262. The molecule has 1 aliphatic rings. The summed E-state index contributed by atoms with van der Waals surface area (Å²) >= 11 is 0. The molecule has 2 atom stereocenters. The number of hydrogen-bond acceptors (Lipinski definition) is 3. The van der Waals surface area contributed by atoms with Crippen LogP contribution in [-0.2, 0) is 9.47 Å². The highest BCUT2D eigenvalue weighted by molar-refractivity contribution is 5.12. The summed E-state index contributed by atoms with van der Waals surface area (Å²) in [5, 5.41) is 3.51. The van der Waals surface area contributed by atoms with Crippen molar-refractivity contribution in [3.05, 3.63) is 11.8 Å². The first-order chi connectivity index (χ1) is 7.83. The lowest BCUT2D eigenvalue weighted by Gasteiger charge is -2.30. The van der Waals surface area contributed by atoms with E-state index in [9.17, 15) is 0 Å². The van der Waals surface area contributed by atoms with Crippen LogP contribution >= 0.6 is 0 Å². The highest BCUT2D eigenvalue weighted by atomic mass is 16.5. The molecule has 0 saturated carbocycles. The maximum atomic E-state index is 5.80. The van der Waals surface area contributed by atoms with Gasteiger partial charge in [0, 0.05) is 6.61 Å². The Labute approximate surface area is 99.2 Å². The Hall–Kier alpha value is -0.540. The van der Waals surface area contributed by atoms with Gasteiger partial charge in [0.05, 0.1) is 25.0 Å². The monoisotopic (exact) mass is 227 g/mol. The van der Waals surface area contributed by atoms with Gasteiger partial charge >= 0.3 is 0 Å². The first kappa shape index (κ1) is 13.5. The zero-order valence-corrected chi connectivity index (χ0v) is 10.8. The van der Waals surface area contributed by atoms with Crippen LogP contribution in [0.1, 0.15) is 40.0 Å². The molecule has 0 radical (unpaired) electrons. The van der Waals surface area contributed by atoms with Crippen LogP contribution in [0.5, 0.6) is 0 Å². The van der Waals surface area contributed by atoms with Gasteiger partial charge in [0.1, 0.15) is 0 Å². The minimum Gasteiger partial charge on any atom is -0.501 e. The quantitative estimate of drug-likeness (QED) is 0.725. The maximum absolute atomic E-state index is 5.80. The van der Waals surface area contributed by atoms with Gasteiger partial charge in [0.2, 0.25) is 0 Å². The molecule has 3 nitrogen and oxygen atoms in total. The molecule has 2 unspecified atom stereocenters. The van der Waals surface area contributed by atoms with Crippen LogP contribution in [0, 0.1) is 0 Å². The van der Waals surface area contributed by atoms with Crippen molar-refractivity contribution in [3.63, 3.8) is 0 Å². The fourth-order valence-electron chi connectivity index (χ4n) is 2.20. The summed E-state index contributed by atoms with van der Waals surface area (Å²) in [6.07, 6.45) is 5.47. The molecule has 0 saturated heterocycles. The van der Waals surface area contributed by atoms with Gasteiger partial charge in [0.15, 0.2) is 0 Å². The molecule has 0 aromatic heterocycles. The van der Waals surface area contributed by atoms with Crippen LogP contribution in [0.3, 0.4) is 0 Å². The van der Waals surface area contributed by atoms with Crippen molar-refractivity contribution in [2.45, 2.75) is 52.2 Å². The third-order valence-corrected chi connectivity index (χ3v) is 2.94. The topological polar surface area (TPSA) is 30.5 Å². The van der Waals surface area contributed by atoms with E-state index in [0.717, 1.165) is 39.0 Å². The molecule has 1 rings (SSSR count). The summed E-state index contributed by atoms with van der Waals surface area (Å²) in [4.78, 5) is 0. The van der Waals surface area contributed by atoms with Crippen molar-refractivity contribution < 1.29 is 9.47 Å². The van der Waals surface area contributed by atoms with Gasteiger partial charge in [-0.05, 0) is 38.3 Å². The molecule has 94 valence electrons. The summed E-state index contributed by atoms with van der Waals surface area (Å²) in [7, 11) is 0. The van der Waals surface area contributed by atoms with E-state index in [2.05, 4.69) is 26.1 Å². The van der Waals surface area contributed by atoms with E-state index < -0.39 is 0 Å². The lowest BCUT2D eigenvalue weighted by Crippen LogP contribution is -2.43. The van der Waals surface area contributed by atoms with E-state index >= 15 is 0 Å². The first-order valence-electron chi connectivity index (χ1n) is 6.48. The summed E-state index contributed by atoms with van der Waals surface area (Å²) in [5.41, 5.74) is 1.36. The molecule has 0 aromatic rings. The average Bonchev–Trinajstić information content (AvgIpc) is 2.35. The highest BCUT2D eigenvalue weighted by Crippen LogP contribution is 2.21. The van der Waals surface area contributed by atoms with Crippen LogP contribution in [0.2, 0.25) is 0 Å². The van der Waals surface area contributed by atoms with Crippen LogP contribution < -0.4 is 5.32 Å². The zero-order valence-electron chi connectivity index (χ0n) is 10.8. The Morgan fingerprint density at radius 2 is 2.25 bits per heavy atom. The molecule has 1 heterocycles. The fourth-order valence-corrected chi connectivity index (χ4v) is 2.20. The number of hydrogen-bond donors (Lipinski definition) is 1. The van der Waals surface area contributed by atoms with Crippen LogP contribution in [0.4, 0.5) is 0 Å². The van der Waals surface area contributed by atoms with E-state index in [-0.39, 0.29) is 6.10 Å². The second kappa shape index (κ2) is 7.69. The van der Waals surface area contributed by atoms with Crippen molar-refractivity contribution in [2.75, 3.05) is 19.8 Å². The highest BCUT2D eigenvalue weighted by Gasteiger charge is 2.24. The standard InChI is InChI=1S/C13H25NO2/c1-4-12(16-6-3)13(14-5-2)11-8-7-9-15-10-11/h10,12-14H,4-9H2,1-3H3. The Morgan fingerprint density at radius 1 is 1.44 bits per heavy atom. The molecule has 0 aromatic carbocycles. The van der Waals surface area contributed by atoms with Crippen LogP contribution in [0.25, 0.3) is 0 Å². The molecular formula is C13H25NO2. The molecule has 0 aliphatic carbocycles. The van der Waals surface area contributed by atoms with Gasteiger partial charge in [-0.1, -0.05) is 13.8 Å². The Balaban J connectivity index is 2.66.